The fraction of sp³-hybridized carbons (Fsp3) is 0.429. The number of benzene rings is 1. The zero-order chi connectivity index (χ0) is 25.4. The summed E-state index contributed by atoms with van der Waals surface area (Å²) in [6.07, 6.45) is -3.07. The van der Waals surface area contributed by atoms with E-state index in [0.29, 0.717) is 54.4 Å². The molecule has 2 aromatic rings. The molecule has 1 spiro atoms. The fourth-order valence-corrected chi connectivity index (χ4v) is 4.73. The number of ether oxygens (including phenoxy) is 1. The summed E-state index contributed by atoms with van der Waals surface area (Å²) >= 11 is 3.34. The average Bonchev–Trinajstić information content (AvgIpc) is 3.28. The smallest absolute Gasteiger partial charge is 0.435 e. The Morgan fingerprint density at radius 2 is 2.06 bits per heavy atom. The molecule has 1 aromatic carbocycles. The molecule has 4 rings (SSSR count). The molecule has 0 radical (unpaired) electrons. The minimum Gasteiger partial charge on any atom is -0.435 e. The first-order chi connectivity index (χ1) is 16.5. The normalized spacial score (nSPS) is 19.0. The topological polar surface area (TPSA) is 101 Å². The number of halogens is 5. The Labute approximate surface area is 205 Å². The second kappa shape index (κ2) is 9.57. The molecule has 0 unspecified atom stereocenters. The van der Waals surface area contributed by atoms with Gasteiger partial charge in [-0.05, 0) is 25.1 Å². The molecule has 1 atom stereocenters. The lowest BCUT2D eigenvalue weighted by Crippen LogP contribution is -2.57. The number of aromatic nitrogens is 2. The number of likely N-dealkylation sites (tertiary alicyclic amines) is 1. The molecule has 0 saturated carbocycles. The van der Waals surface area contributed by atoms with Crippen LogP contribution in [0.2, 0.25) is 0 Å². The van der Waals surface area contributed by atoms with E-state index in [4.69, 9.17) is 4.74 Å². The zero-order valence-electron chi connectivity index (χ0n) is 18.4. The van der Waals surface area contributed by atoms with Gasteiger partial charge < -0.3 is 15.0 Å². The lowest BCUT2D eigenvalue weighted by Gasteiger charge is -2.43. The molecule has 3 heterocycles. The summed E-state index contributed by atoms with van der Waals surface area (Å²) in [5.74, 6) is -1.09. The van der Waals surface area contributed by atoms with Crippen LogP contribution < -0.4 is 10.7 Å². The van der Waals surface area contributed by atoms with Crippen LogP contribution in [0.1, 0.15) is 35.7 Å². The number of rotatable bonds is 5. The van der Waals surface area contributed by atoms with Gasteiger partial charge in [-0.2, -0.15) is 14.9 Å². The van der Waals surface area contributed by atoms with E-state index in [1.807, 2.05) is 4.90 Å². The Morgan fingerprint density at radius 3 is 2.69 bits per heavy atom. The van der Waals surface area contributed by atoms with Crippen molar-refractivity contribution in [2.75, 3.05) is 19.6 Å². The van der Waals surface area contributed by atoms with Crippen molar-refractivity contribution >= 4 is 33.6 Å². The first-order valence-corrected chi connectivity index (χ1v) is 11.4. The quantitative estimate of drug-likeness (QED) is 0.546. The summed E-state index contributed by atoms with van der Waals surface area (Å²) in [4.78, 5) is 26.3. The van der Waals surface area contributed by atoms with Gasteiger partial charge in [-0.1, -0.05) is 15.9 Å². The molecule has 2 N–H and O–H groups in total. The highest BCUT2D eigenvalue weighted by Gasteiger charge is 2.46. The number of nitrogens with zero attached hydrogens (tertiary/aromatic N) is 4. The lowest BCUT2D eigenvalue weighted by molar-refractivity contribution is -0.212. The number of amides is 2. The van der Waals surface area contributed by atoms with Crippen molar-refractivity contribution in [1.82, 2.24) is 25.4 Å². The maximum atomic E-state index is 13.6. The van der Waals surface area contributed by atoms with E-state index in [0.717, 1.165) is 6.20 Å². The van der Waals surface area contributed by atoms with Crippen molar-refractivity contribution in [3.63, 3.8) is 0 Å². The second-order valence-corrected chi connectivity index (χ2v) is 9.25. The van der Waals surface area contributed by atoms with Crippen molar-refractivity contribution in [2.24, 2.45) is 5.10 Å². The molecule has 14 heteroatoms. The average molecular weight is 561 g/mol. The standard InChI is InChI=1S/C21H21BrF4N6O3/c1-12(28-18(33)13-9-27-32(11-13)21(24,25)26)10-31-6-4-20(5-7-31)17(29-30-19(34)35-20)15-3-2-14(23)8-16(15)22/h2-3,8-9,11-12H,4-7,10H2,1H3,(H,28,33)(H,30,34)/t12-/m0/s1. The minimum atomic E-state index is -4.70. The van der Waals surface area contributed by atoms with Crippen LogP contribution in [0.3, 0.4) is 0 Å². The number of hydrazone groups is 1. The van der Waals surface area contributed by atoms with Gasteiger partial charge in [-0.25, -0.2) is 14.6 Å². The SMILES string of the molecule is C[C@@H](CN1CCC2(CC1)OC(=O)NN=C2c1ccc(F)cc1Br)NC(=O)c1cnn(C(F)(F)F)c1. The molecule has 2 amide bonds. The first kappa shape index (κ1) is 25.1. The van der Waals surface area contributed by atoms with Crippen molar-refractivity contribution in [3.8, 4) is 0 Å². The van der Waals surface area contributed by atoms with Crippen LogP contribution in [0.25, 0.3) is 0 Å². The molecule has 9 nitrogen and oxygen atoms in total. The number of carbonyl (C=O) groups is 2. The van der Waals surface area contributed by atoms with E-state index < -0.39 is 29.7 Å². The summed E-state index contributed by atoms with van der Waals surface area (Å²) in [5.41, 5.74) is 2.19. The van der Waals surface area contributed by atoms with Crippen LogP contribution in [0.4, 0.5) is 22.4 Å². The Bertz CT molecular complexity index is 1160. The third-order valence-corrected chi connectivity index (χ3v) is 6.50. The number of piperidine rings is 1. The van der Waals surface area contributed by atoms with Gasteiger partial charge in [-0.15, -0.1) is 13.2 Å². The molecule has 1 fully saturated rings. The number of alkyl halides is 3. The molecule has 1 saturated heterocycles. The summed E-state index contributed by atoms with van der Waals surface area (Å²) in [7, 11) is 0. The monoisotopic (exact) mass is 560 g/mol. The van der Waals surface area contributed by atoms with E-state index >= 15 is 0 Å². The Hall–Kier alpha value is -3.00. The van der Waals surface area contributed by atoms with E-state index in [9.17, 15) is 27.2 Å². The van der Waals surface area contributed by atoms with E-state index in [1.54, 1.807) is 13.0 Å². The van der Waals surface area contributed by atoms with Gasteiger partial charge in [-0.3, -0.25) is 4.79 Å². The highest BCUT2D eigenvalue weighted by Crippen LogP contribution is 2.35. The molecule has 35 heavy (non-hydrogen) atoms. The minimum absolute atomic E-state index is 0.195. The van der Waals surface area contributed by atoms with Gasteiger partial charge in [0.1, 0.15) is 11.5 Å². The fourth-order valence-electron chi connectivity index (χ4n) is 4.19. The first-order valence-electron chi connectivity index (χ1n) is 10.6. The van der Waals surface area contributed by atoms with Gasteiger partial charge in [0, 0.05) is 54.8 Å². The van der Waals surface area contributed by atoms with Gasteiger partial charge in [0.15, 0.2) is 5.60 Å². The molecule has 0 aliphatic carbocycles. The van der Waals surface area contributed by atoms with E-state index in [2.05, 4.69) is 36.9 Å². The molecule has 1 aromatic heterocycles. The molecule has 188 valence electrons. The van der Waals surface area contributed by atoms with Gasteiger partial charge in [0.2, 0.25) is 0 Å². The number of carbonyl (C=O) groups excluding carboxylic acids is 2. The number of nitrogens with one attached hydrogen (secondary N) is 2. The van der Waals surface area contributed by atoms with Crippen LogP contribution >= 0.6 is 15.9 Å². The predicted molar refractivity (Wildman–Crippen MR) is 119 cm³/mol. The van der Waals surface area contributed by atoms with Crippen LogP contribution in [0, 0.1) is 5.82 Å². The van der Waals surface area contributed by atoms with Gasteiger partial charge >= 0.3 is 12.4 Å². The molecule has 2 aliphatic heterocycles. The van der Waals surface area contributed by atoms with Gasteiger partial charge in [0.25, 0.3) is 5.91 Å². The molecular weight excluding hydrogens is 540 g/mol. The maximum Gasteiger partial charge on any atom is 0.504 e. The van der Waals surface area contributed by atoms with E-state index in [1.165, 1.54) is 12.1 Å². The van der Waals surface area contributed by atoms with Crippen LogP contribution in [0.15, 0.2) is 40.2 Å². The van der Waals surface area contributed by atoms with Crippen LogP contribution in [-0.4, -0.2) is 63.7 Å². The van der Waals surface area contributed by atoms with Crippen LogP contribution in [0.5, 0.6) is 0 Å². The zero-order valence-corrected chi connectivity index (χ0v) is 20.0. The second-order valence-electron chi connectivity index (χ2n) is 8.40. The summed E-state index contributed by atoms with van der Waals surface area (Å²) in [6.45, 7) is 3.16. The maximum absolute atomic E-state index is 13.6. The van der Waals surface area contributed by atoms with Crippen molar-refractivity contribution in [3.05, 3.63) is 52.0 Å². The highest BCUT2D eigenvalue weighted by atomic mass is 79.9. The third-order valence-electron chi connectivity index (χ3n) is 5.84. The number of hydrogen-bond donors (Lipinski definition) is 2. The van der Waals surface area contributed by atoms with E-state index in [-0.39, 0.29) is 16.3 Å². The summed E-state index contributed by atoms with van der Waals surface area (Å²) in [5, 5.41) is 10.0. The predicted octanol–water partition coefficient (Wildman–Crippen LogP) is 3.36. The summed E-state index contributed by atoms with van der Waals surface area (Å²) in [6, 6.07) is 3.79. The van der Waals surface area contributed by atoms with Crippen molar-refractivity contribution < 1.29 is 31.9 Å². The highest BCUT2D eigenvalue weighted by molar-refractivity contribution is 9.10. The molecular formula is C21H21BrF4N6O3. The largest absolute Gasteiger partial charge is 0.504 e. The number of hydrogen-bond acceptors (Lipinski definition) is 6. The van der Waals surface area contributed by atoms with Gasteiger partial charge in [0.05, 0.1) is 11.8 Å². The Morgan fingerprint density at radius 1 is 1.34 bits per heavy atom. The lowest BCUT2D eigenvalue weighted by atomic mass is 9.82. The molecule has 0 bridgehead atoms. The van der Waals surface area contributed by atoms with Crippen molar-refractivity contribution in [1.29, 1.82) is 0 Å². The Kier molecular flexibility index (Phi) is 6.86. The van der Waals surface area contributed by atoms with Crippen molar-refractivity contribution in [2.45, 2.75) is 37.7 Å². The summed E-state index contributed by atoms with van der Waals surface area (Å²) < 4.78 is 57.6. The third kappa shape index (κ3) is 5.48. The Balaban J connectivity index is 1.38. The molecule has 2 aliphatic rings. The van der Waals surface area contributed by atoms with Crippen LogP contribution in [-0.2, 0) is 11.0 Å².